The number of piperazine rings is 1. The van der Waals surface area contributed by atoms with Crippen LogP contribution < -0.4 is 9.80 Å². The van der Waals surface area contributed by atoms with Gasteiger partial charge in [0.25, 0.3) is 5.91 Å². The third-order valence-corrected chi connectivity index (χ3v) is 6.40. The molecule has 2 heterocycles. The molecule has 0 aliphatic carbocycles. The predicted molar refractivity (Wildman–Crippen MR) is 127 cm³/mol. The number of hydrogen-bond acceptors (Lipinski definition) is 3. The van der Waals surface area contributed by atoms with E-state index in [1.165, 1.54) is 11.3 Å². The van der Waals surface area contributed by atoms with Crippen LogP contribution in [0, 0.1) is 0 Å². The fraction of sp³-hybridized carbons (Fsp3) is 0.259. The highest BCUT2D eigenvalue weighted by Gasteiger charge is 2.26. The van der Waals surface area contributed by atoms with E-state index in [1.807, 2.05) is 58.3 Å². The van der Waals surface area contributed by atoms with Gasteiger partial charge in [0.2, 0.25) is 5.91 Å². The Bertz CT molecular complexity index is 1110. The molecule has 1 saturated heterocycles. The van der Waals surface area contributed by atoms with E-state index in [4.69, 9.17) is 0 Å². The van der Waals surface area contributed by atoms with E-state index < -0.39 is 0 Å². The number of aryl methyl sites for hydroxylation is 1. The molecule has 0 atom stereocenters. The van der Waals surface area contributed by atoms with Crippen molar-refractivity contribution in [2.24, 2.45) is 0 Å². The van der Waals surface area contributed by atoms with E-state index in [1.54, 1.807) is 0 Å². The molecule has 2 aliphatic heterocycles. The van der Waals surface area contributed by atoms with Crippen molar-refractivity contribution in [2.75, 3.05) is 36.0 Å². The quantitative estimate of drug-likeness (QED) is 0.631. The zero-order valence-electron chi connectivity index (χ0n) is 18.1. The van der Waals surface area contributed by atoms with E-state index in [0.717, 1.165) is 36.3 Å². The van der Waals surface area contributed by atoms with Gasteiger partial charge in [-0.25, -0.2) is 0 Å². The van der Waals surface area contributed by atoms with Gasteiger partial charge in [0.15, 0.2) is 0 Å². The summed E-state index contributed by atoms with van der Waals surface area (Å²) >= 11 is 0. The molecule has 0 aromatic heterocycles. The SMILES string of the molecule is O=C(c1ccccc1)N1CCN(c2ccc3c(c2)CCC(=O)N3Cc2ccccc2)CC1. The fourth-order valence-corrected chi connectivity index (χ4v) is 4.61. The fourth-order valence-electron chi connectivity index (χ4n) is 4.61. The minimum Gasteiger partial charge on any atom is -0.368 e. The van der Waals surface area contributed by atoms with Gasteiger partial charge >= 0.3 is 0 Å². The minimum atomic E-state index is 0.103. The van der Waals surface area contributed by atoms with Crippen LogP contribution in [0.3, 0.4) is 0 Å². The first-order valence-electron chi connectivity index (χ1n) is 11.3. The lowest BCUT2D eigenvalue weighted by atomic mass is 9.99. The maximum Gasteiger partial charge on any atom is 0.253 e. The van der Waals surface area contributed by atoms with Crippen molar-refractivity contribution in [1.29, 1.82) is 0 Å². The van der Waals surface area contributed by atoms with Crippen molar-refractivity contribution in [3.63, 3.8) is 0 Å². The summed E-state index contributed by atoms with van der Waals surface area (Å²) in [5.41, 5.74) is 5.30. The van der Waals surface area contributed by atoms with Crippen LogP contribution in [0.5, 0.6) is 0 Å². The summed E-state index contributed by atoms with van der Waals surface area (Å²) in [5, 5.41) is 0. The number of amides is 2. The average molecular weight is 426 g/mol. The van der Waals surface area contributed by atoms with E-state index in [9.17, 15) is 9.59 Å². The number of carbonyl (C=O) groups is 2. The average Bonchev–Trinajstić information content (AvgIpc) is 2.86. The van der Waals surface area contributed by atoms with Gasteiger partial charge in [0.1, 0.15) is 0 Å². The van der Waals surface area contributed by atoms with E-state index in [-0.39, 0.29) is 11.8 Å². The lowest BCUT2D eigenvalue weighted by Crippen LogP contribution is -2.48. The lowest BCUT2D eigenvalue weighted by molar-refractivity contribution is -0.119. The molecule has 0 spiro atoms. The van der Waals surface area contributed by atoms with Crippen molar-refractivity contribution in [3.8, 4) is 0 Å². The van der Waals surface area contributed by atoms with Gasteiger partial charge in [-0.15, -0.1) is 0 Å². The van der Waals surface area contributed by atoms with Crippen molar-refractivity contribution in [1.82, 2.24) is 4.90 Å². The largest absolute Gasteiger partial charge is 0.368 e. The molecule has 162 valence electrons. The Morgan fingerprint density at radius 1 is 0.781 bits per heavy atom. The molecule has 5 nitrogen and oxygen atoms in total. The van der Waals surface area contributed by atoms with Crippen LogP contribution in [0.2, 0.25) is 0 Å². The van der Waals surface area contributed by atoms with E-state index in [0.29, 0.717) is 26.1 Å². The highest BCUT2D eigenvalue weighted by molar-refractivity contribution is 5.97. The van der Waals surface area contributed by atoms with Crippen molar-refractivity contribution in [2.45, 2.75) is 19.4 Å². The maximum absolute atomic E-state index is 12.7. The Labute approximate surface area is 188 Å². The molecule has 5 heteroatoms. The van der Waals surface area contributed by atoms with Crippen molar-refractivity contribution < 1.29 is 9.59 Å². The Balaban J connectivity index is 1.28. The molecule has 0 radical (unpaired) electrons. The smallest absolute Gasteiger partial charge is 0.253 e. The summed E-state index contributed by atoms with van der Waals surface area (Å²) in [4.78, 5) is 31.6. The number of hydrogen-bond donors (Lipinski definition) is 0. The maximum atomic E-state index is 12.7. The Morgan fingerprint density at radius 3 is 2.19 bits per heavy atom. The van der Waals surface area contributed by atoms with Crippen LogP contribution in [0.15, 0.2) is 78.9 Å². The van der Waals surface area contributed by atoms with Crippen LogP contribution in [-0.2, 0) is 17.8 Å². The van der Waals surface area contributed by atoms with Gasteiger partial charge < -0.3 is 14.7 Å². The third kappa shape index (κ3) is 4.11. The Kier molecular flexibility index (Phi) is 5.63. The summed E-state index contributed by atoms with van der Waals surface area (Å²) in [6, 6.07) is 26.1. The topological polar surface area (TPSA) is 43.9 Å². The van der Waals surface area contributed by atoms with Gasteiger partial charge in [-0.2, -0.15) is 0 Å². The molecule has 2 amide bonds. The number of rotatable bonds is 4. The van der Waals surface area contributed by atoms with Gasteiger partial charge in [-0.1, -0.05) is 48.5 Å². The Morgan fingerprint density at radius 2 is 1.47 bits per heavy atom. The molecule has 5 rings (SSSR count). The molecule has 2 aliphatic rings. The molecule has 0 saturated carbocycles. The molecule has 3 aromatic rings. The normalized spacial score (nSPS) is 16.1. The predicted octanol–water partition coefficient (Wildman–Crippen LogP) is 4.13. The van der Waals surface area contributed by atoms with Gasteiger partial charge in [0.05, 0.1) is 6.54 Å². The summed E-state index contributed by atoms with van der Waals surface area (Å²) in [6.07, 6.45) is 1.32. The zero-order valence-corrected chi connectivity index (χ0v) is 18.1. The highest BCUT2D eigenvalue weighted by Crippen LogP contribution is 2.33. The summed E-state index contributed by atoms with van der Waals surface area (Å²) in [6.45, 7) is 3.65. The lowest BCUT2D eigenvalue weighted by Gasteiger charge is -2.37. The van der Waals surface area contributed by atoms with Gasteiger partial charge in [0, 0.05) is 49.5 Å². The number of anilines is 2. The first kappa shape index (κ1) is 20.3. The second-order valence-corrected chi connectivity index (χ2v) is 8.42. The Hall–Kier alpha value is -3.60. The highest BCUT2D eigenvalue weighted by atomic mass is 16.2. The molecule has 3 aromatic carbocycles. The second kappa shape index (κ2) is 8.87. The summed E-state index contributed by atoms with van der Waals surface area (Å²) in [5.74, 6) is 0.285. The standard InChI is InChI=1S/C27H27N3O2/c31-26-14-11-23-19-24(12-13-25(23)30(26)20-21-7-3-1-4-8-21)28-15-17-29(18-16-28)27(32)22-9-5-2-6-10-22/h1-10,12-13,19H,11,14-18,20H2. The molecule has 1 fully saturated rings. The summed E-state index contributed by atoms with van der Waals surface area (Å²) in [7, 11) is 0. The monoisotopic (exact) mass is 425 g/mol. The minimum absolute atomic E-state index is 0.103. The van der Waals surface area contributed by atoms with Crippen LogP contribution in [0.1, 0.15) is 27.9 Å². The molecular weight excluding hydrogens is 398 g/mol. The number of nitrogens with zero attached hydrogens (tertiary/aromatic N) is 3. The van der Waals surface area contributed by atoms with Crippen LogP contribution in [-0.4, -0.2) is 42.9 Å². The first-order valence-corrected chi connectivity index (χ1v) is 11.3. The first-order chi connectivity index (χ1) is 15.7. The molecule has 0 unspecified atom stereocenters. The number of carbonyl (C=O) groups excluding carboxylic acids is 2. The molecule has 0 N–H and O–H groups in total. The van der Waals surface area contributed by atoms with Crippen LogP contribution in [0.25, 0.3) is 0 Å². The summed E-state index contributed by atoms with van der Waals surface area (Å²) < 4.78 is 0. The third-order valence-electron chi connectivity index (χ3n) is 6.40. The molecule has 32 heavy (non-hydrogen) atoms. The second-order valence-electron chi connectivity index (χ2n) is 8.42. The van der Waals surface area contributed by atoms with Crippen molar-refractivity contribution >= 4 is 23.2 Å². The molecular formula is C27H27N3O2. The van der Waals surface area contributed by atoms with Gasteiger partial charge in [-0.3, -0.25) is 9.59 Å². The number of benzene rings is 3. The van der Waals surface area contributed by atoms with E-state index in [2.05, 4.69) is 35.2 Å². The molecule has 0 bridgehead atoms. The van der Waals surface area contributed by atoms with Crippen molar-refractivity contribution in [3.05, 3.63) is 95.6 Å². The van der Waals surface area contributed by atoms with Gasteiger partial charge in [-0.05, 0) is 47.9 Å². The van der Waals surface area contributed by atoms with Crippen LogP contribution in [0.4, 0.5) is 11.4 Å². The van der Waals surface area contributed by atoms with E-state index >= 15 is 0 Å². The zero-order chi connectivity index (χ0) is 21.9. The number of fused-ring (bicyclic) bond motifs is 1. The van der Waals surface area contributed by atoms with Crippen LogP contribution >= 0.6 is 0 Å².